The number of rotatable bonds is 14. The van der Waals surface area contributed by atoms with Crippen LogP contribution in [0.3, 0.4) is 0 Å². The van der Waals surface area contributed by atoms with E-state index >= 15 is 8.78 Å². The number of nitrogens with zero attached hydrogens (tertiary/aromatic N) is 2. The molecule has 2 amide bonds. The van der Waals surface area contributed by atoms with Gasteiger partial charge in [0.25, 0.3) is 11.8 Å². The van der Waals surface area contributed by atoms with E-state index in [9.17, 15) is 9.59 Å². The molecule has 42 heavy (non-hydrogen) atoms. The van der Waals surface area contributed by atoms with Gasteiger partial charge in [-0.15, -0.1) is 0 Å². The van der Waals surface area contributed by atoms with Crippen LogP contribution >= 0.6 is 31.9 Å². The van der Waals surface area contributed by atoms with Gasteiger partial charge >= 0.3 is 0 Å². The topological polar surface area (TPSA) is 40.6 Å². The Morgan fingerprint density at radius 1 is 0.667 bits per heavy atom. The zero-order valence-corrected chi connectivity index (χ0v) is 28.1. The van der Waals surface area contributed by atoms with Crippen molar-refractivity contribution in [2.75, 3.05) is 13.1 Å². The largest absolute Gasteiger partial charge is 0.306 e. The van der Waals surface area contributed by atoms with Crippen LogP contribution < -0.4 is 0 Å². The number of benzene rings is 2. The Bertz CT molecular complexity index is 1300. The van der Waals surface area contributed by atoms with Crippen LogP contribution in [-0.4, -0.2) is 34.7 Å². The fourth-order valence-corrected chi connectivity index (χ4v) is 6.69. The van der Waals surface area contributed by atoms with Gasteiger partial charge in [-0.1, -0.05) is 98.1 Å². The quantitative estimate of drug-likeness (QED) is 0.196. The van der Waals surface area contributed by atoms with Crippen LogP contribution in [0, 0.1) is 23.5 Å². The number of hydrogen-bond donors (Lipinski definition) is 0. The molecule has 0 fully saturated rings. The number of carbonyl (C=O) groups excluding carboxylic acids is 2. The average molecular weight is 707 g/mol. The summed E-state index contributed by atoms with van der Waals surface area (Å²) in [6.07, 6.45) is 7.62. The molecule has 0 saturated carbocycles. The molecule has 226 valence electrons. The molecule has 0 spiro atoms. The maximum absolute atomic E-state index is 15.6. The molecular formula is C34H40Br2F2N2O2. The van der Waals surface area contributed by atoms with E-state index in [0.717, 1.165) is 51.4 Å². The van der Waals surface area contributed by atoms with Crippen molar-refractivity contribution in [1.29, 1.82) is 0 Å². The monoisotopic (exact) mass is 704 g/mol. The third-order valence-corrected chi connectivity index (χ3v) is 9.51. The van der Waals surface area contributed by atoms with Crippen LogP contribution in [0.15, 0.2) is 56.5 Å². The molecule has 0 saturated heterocycles. The molecule has 2 aromatic rings. The molecule has 2 aliphatic rings. The first-order valence-electron chi connectivity index (χ1n) is 15.2. The predicted octanol–water partition coefficient (Wildman–Crippen LogP) is 9.73. The van der Waals surface area contributed by atoms with Crippen molar-refractivity contribution in [3.05, 3.63) is 79.3 Å². The molecule has 2 atom stereocenters. The third kappa shape index (κ3) is 6.59. The zero-order chi connectivity index (χ0) is 30.6. The summed E-state index contributed by atoms with van der Waals surface area (Å²) in [5.41, 5.74) is 1.33. The first-order chi connectivity index (χ1) is 20.2. The Kier molecular flexibility index (Phi) is 11.2. The Morgan fingerprint density at radius 3 is 1.36 bits per heavy atom. The SMILES string of the molecule is CCCCC(CC)CN1C(=O)C2=C(c3ccc(Br)cc3F)N(CC(CC)CCCC)C(=O)C2=C1c1ccc(Br)cc1F. The Labute approximate surface area is 265 Å². The number of hydrogen-bond acceptors (Lipinski definition) is 2. The van der Waals surface area contributed by atoms with Gasteiger partial charge in [-0.25, -0.2) is 8.78 Å². The average Bonchev–Trinajstić information content (AvgIpc) is 3.39. The number of halogens is 4. The summed E-state index contributed by atoms with van der Waals surface area (Å²) >= 11 is 6.67. The lowest BCUT2D eigenvalue weighted by Crippen LogP contribution is -2.35. The van der Waals surface area contributed by atoms with Crippen LogP contribution in [0.4, 0.5) is 8.78 Å². The highest BCUT2D eigenvalue weighted by molar-refractivity contribution is 9.10. The van der Waals surface area contributed by atoms with Gasteiger partial charge in [0.2, 0.25) is 0 Å². The molecule has 4 nitrogen and oxygen atoms in total. The zero-order valence-electron chi connectivity index (χ0n) is 24.9. The van der Waals surface area contributed by atoms with E-state index in [0.29, 0.717) is 33.4 Å². The lowest BCUT2D eigenvalue weighted by Gasteiger charge is -2.29. The van der Waals surface area contributed by atoms with Crippen molar-refractivity contribution >= 4 is 55.1 Å². The first kappa shape index (κ1) is 32.6. The van der Waals surface area contributed by atoms with Crippen molar-refractivity contribution in [3.63, 3.8) is 0 Å². The van der Waals surface area contributed by atoms with Gasteiger partial charge in [0.15, 0.2) is 0 Å². The molecule has 2 aliphatic heterocycles. The molecular weight excluding hydrogens is 666 g/mol. The van der Waals surface area contributed by atoms with Gasteiger partial charge in [-0.3, -0.25) is 9.59 Å². The molecule has 4 rings (SSSR count). The van der Waals surface area contributed by atoms with E-state index in [1.54, 1.807) is 34.1 Å². The van der Waals surface area contributed by atoms with Gasteiger partial charge in [0.05, 0.1) is 22.5 Å². The molecule has 0 aromatic heterocycles. The highest BCUT2D eigenvalue weighted by atomic mass is 79.9. The second-order valence-corrected chi connectivity index (χ2v) is 13.2. The highest BCUT2D eigenvalue weighted by Crippen LogP contribution is 2.48. The fourth-order valence-electron chi connectivity index (χ4n) is 6.02. The lowest BCUT2D eigenvalue weighted by atomic mass is 9.97. The summed E-state index contributed by atoms with van der Waals surface area (Å²) < 4.78 is 32.4. The van der Waals surface area contributed by atoms with Crippen LogP contribution in [0.1, 0.15) is 90.2 Å². The van der Waals surface area contributed by atoms with E-state index < -0.39 is 11.6 Å². The van der Waals surface area contributed by atoms with Crippen molar-refractivity contribution in [2.24, 2.45) is 11.8 Å². The second kappa shape index (κ2) is 14.4. The van der Waals surface area contributed by atoms with Crippen LogP contribution in [0.2, 0.25) is 0 Å². The van der Waals surface area contributed by atoms with Crippen molar-refractivity contribution in [1.82, 2.24) is 9.80 Å². The Hall–Kier alpha value is -2.32. The highest BCUT2D eigenvalue weighted by Gasteiger charge is 2.50. The minimum Gasteiger partial charge on any atom is -0.306 e. The number of amides is 2. The molecule has 0 N–H and O–H groups in total. The van der Waals surface area contributed by atoms with Crippen LogP contribution in [-0.2, 0) is 9.59 Å². The number of unbranched alkanes of at least 4 members (excludes halogenated alkanes) is 2. The number of fused-ring (bicyclic) bond motifs is 1. The summed E-state index contributed by atoms with van der Waals surface area (Å²) in [5.74, 6) is -1.42. The van der Waals surface area contributed by atoms with Crippen LogP contribution in [0.25, 0.3) is 11.4 Å². The first-order valence-corrected chi connectivity index (χ1v) is 16.8. The van der Waals surface area contributed by atoms with Gasteiger partial charge in [0.1, 0.15) is 11.6 Å². The van der Waals surface area contributed by atoms with E-state index in [4.69, 9.17) is 0 Å². The molecule has 0 bridgehead atoms. The maximum atomic E-state index is 15.6. The molecule has 2 unspecified atom stereocenters. The van der Waals surface area contributed by atoms with Gasteiger partial charge in [-0.05, 0) is 61.1 Å². The standard InChI is InChI=1S/C34H40Br2F2N2O2/c1-5-9-11-21(7-3)19-39-31(25-15-13-23(35)17-27(25)37)29-30(33(39)41)32(26-16-14-24(36)18-28(26)38)40(34(29)42)20-22(8-4)12-10-6-2/h13-18,21-22H,5-12,19-20H2,1-4H3. The van der Waals surface area contributed by atoms with Gasteiger partial charge < -0.3 is 9.80 Å². The van der Waals surface area contributed by atoms with E-state index in [1.165, 1.54) is 12.1 Å². The molecule has 2 aromatic carbocycles. The van der Waals surface area contributed by atoms with Gasteiger partial charge in [-0.2, -0.15) is 0 Å². The summed E-state index contributed by atoms with van der Waals surface area (Å²) in [5, 5.41) is 0. The normalized spacial score (nSPS) is 16.7. The third-order valence-electron chi connectivity index (χ3n) is 8.52. The maximum Gasteiger partial charge on any atom is 0.261 e. The lowest BCUT2D eigenvalue weighted by molar-refractivity contribution is -0.124. The van der Waals surface area contributed by atoms with Crippen molar-refractivity contribution < 1.29 is 18.4 Å². The van der Waals surface area contributed by atoms with Crippen LogP contribution in [0.5, 0.6) is 0 Å². The number of carbonyl (C=O) groups is 2. The van der Waals surface area contributed by atoms with Gasteiger partial charge in [0, 0.05) is 33.2 Å². The summed E-state index contributed by atoms with van der Waals surface area (Å²) in [7, 11) is 0. The molecule has 0 aliphatic carbocycles. The van der Waals surface area contributed by atoms with Crippen molar-refractivity contribution in [2.45, 2.75) is 79.1 Å². The van der Waals surface area contributed by atoms with E-state index in [1.807, 2.05) is 0 Å². The summed E-state index contributed by atoms with van der Waals surface area (Å²) in [6.45, 7) is 9.17. The minimum absolute atomic E-state index is 0.175. The molecule has 0 radical (unpaired) electrons. The smallest absolute Gasteiger partial charge is 0.261 e. The molecule has 2 heterocycles. The summed E-state index contributed by atoms with van der Waals surface area (Å²) in [6, 6.07) is 9.37. The Morgan fingerprint density at radius 2 is 1.05 bits per heavy atom. The van der Waals surface area contributed by atoms with E-state index in [-0.39, 0.29) is 45.9 Å². The Balaban J connectivity index is 1.96. The minimum atomic E-state index is -0.524. The summed E-state index contributed by atoms with van der Waals surface area (Å²) in [4.78, 5) is 32.0. The second-order valence-electron chi connectivity index (χ2n) is 11.4. The van der Waals surface area contributed by atoms with Crippen molar-refractivity contribution in [3.8, 4) is 0 Å². The van der Waals surface area contributed by atoms with E-state index in [2.05, 4.69) is 59.6 Å². The predicted molar refractivity (Wildman–Crippen MR) is 172 cm³/mol. The molecule has 8 heteroatoms. The fraction of sp³-hybridized carbons (Fsp3) is 0.471.